The minimum Gasteiger partial charge on any atom is -0.454 e. The highest BCUT2D eigenvalue weighted by Crippen LogP contribution is 2.43. The van der Waals surface area contributed by atoms with Gasteiger partial charge in [-0.3, -0.25) is 4.79 Å². The molecule has 3 N–H and O–H groups in total. The van der Waals surface area contributed by atoms with Crippen LogP contribution in [0.5, 0.6) is 11.5 Å². The van der Waals surface area contributed by atoms with E-state index >= 15 is 4.39 Å². The van der Waals surface area contributed by atoms with E-state index in [-0.39, 0.29) is 55.8 Å². The molecule has 0 saturated heterocycles. The topological polar surface area (TPSA) is 122 Å². The van der Waals surface area contributed by atoms with Crippen molar-refractivity contribution >= 4 is 33.2 Å². The van der Waals surface area contributed by atoms with Gasteiger partial charge >= 0.3 is 0 Å². The molecular formula is C24H19ClF3N3O4S. The van der Waals surface area contributed by atoms with Gasteiger partial charge in [0.05, 0.1) is 22.2 Å². The Kier molecular flexibility index (Phi) is 7.93. The summed E-state index contributed by atoms with van der Waals surface area (Å²) in [5.74, 6) is -2.19. The van der Waals surface area contributed by atoms with Crippen molar-refractivity contribution in [1.29, 1.82) is 5.26 Å². The molecule has 0 aliphatic carbocycles. The van der Waals surface area contributed by atoms with Gasteiger partial charge in [0.2, 0.25) is 15.9 Å². The largest absolute Gasteiger partial charge is 0.454 e. The lowest BCUT2D eigenvalue weighted by molar-refractivity contribution is -0.114. The van der Waals surface area contributed by atoms with Crippen LogP contribution in [0.3, 0.4) is 0 Å². The number of halogens is 4. The number of nitrogens with two attached hydrogens (primary N) is 1. The average molecular weight is 538 g/mol. The molecule has 3 aromatic carbocycles. The van der Waals surface area contributed by atoms with E-state index < -0.39 is 33.7 Å². The average Bonchev–Trinajstić information content (AvgIpc) is 2.80. The lowest BCUT2D eigenvalue weighted by Crippen LogP contribution is -2.12. The molecule has 36 heavy (non-hydrogen) atoms. The predicted molar refractivity (Wildman–Crippen MR) is 128 cm³/mol. The first kappa shape index (κ1) is 27.0. The number of nitrogens with one attached hydrogen (secondary N) is 1. The monoisotopic (exact) mass is 537 g/mol. The van der Waals surface area contributed by atoms with Crippen molar-refractivity contribution in [2.75, 3.05) is 5.32 Å². The molecule has 0 heterocycles. The van der Waals surface area contributed by atoms with Crippen molar-refractivity contribution in [3.05, 3.63) is 70.0 Å². The van der Waals surface area contributed by atoms with E-state index in [1.807, 2.05) is 0 Å². The Morgan fingerprint density at radius 3 is 2.42 bits per heavy atom. The van der Waals surface area contributed by atoms with Gasteiger partial charge in [0, 0.05) is 28.6 Å². The van der Waals surface area contributed by atoms with Crippen LogP contribution in [0.15, 0.2) is 47.4 Å². The highest BCUT2D eigenvalue weighted by Gasteiger charge is 2.24. The number of sulfonamides is 1. The van der Waals surface area contributed by atoms with Gasteiger partial charge in [-0.25, -0.2) is 26.7 Å². The Labute approximate surface area is 210 Å². The van der Waals surface area contributed by atoms with Crippen molar-refractivity contribution in [3.63, 3.8) is 0 Å². The highest BCUT2D eigenvalue weighted by atomic mass is 35.5. The molecule has 7 nitrogen and oxygen atoms in total. The number of hydrogen-bond acceptors (Lipinski definition) is 5. The summed E-state index contributed by atoms with van der Waals surface area (Å²) in [6, 6.07) is 9.88. The Morgan fingerprint density at radius 1 is 1.19 bits per heavy atom. The van der Waals surface area contributed by atoms with E-state index in [9.17, 15) is 27.3 Å². The fraction of sp³-hybridized carbons (Fsp3) is 0.167. The quantitative estimate of drug-likeness (QED) is 0.387. The van der Waals surface area contributed by atoms with Crippen molar-refractivity contribution in [3.8, 4) is 28.7 Å². The fourth-order valence-electron chi connectivity index (χ4n) is 3.53. The van der Waals surface area contributed by atoms with Crippen molar-refractivity contribution in [2.45, 2.75) is 31.6 Å². The van der Waals surface area contributed by atoms with Crippen molar-refractivity contribution in [2.24, 2.45) is 5.14 Å². The van der Waals surface area contributed by atoms with Crippen LogP contribution >= 0.6 is 11.6 Å². The second kappa shape index (κ2) is 10.6. The zero-order chi connectivity index (χ0) is 26.8. The van der Waals surface area contributed by atoms with E-state index in [1.54, 1.807) is 13.0 Å². The second-order valence-corrected chi connectivity index (χ2v) is 9.59. The van der Waals surface area contributed by atoms with Gasteiger partial charge in [0.1, 0.15) is 5.75 Å². The number of hydrogen-bond donors (Lipinski definition) is 2. The summed E-state index contributed by atoms with van der Waals surface area (Å²) in [4.78, 5) is 11.5. The van der Waals surface area contributed by atoms with Gasteiger partial charge in [-0.2, -0.15) is 5.26 Å². The molecule has 12 heteroatoms. The molecule has 0 aliphatic heterocycles. The summed E-state index contributed by atoms with van der Waals surface area (Å²) >= 11 is 6.34. The van der Waals surface area contributed by atoms with Gasteiger partial charge < -0.3 is 10.1 Å². The minimum atomic E-state index is -4.05. The number of carbonyl (C=O) groups excluding carboxylic acids is 1. The van der Waals surface area contributed by atoms with Crippen LogP contribution in [0.4, 0.5) is 18.9 Å². The van der Waals surface area contributed by atoms with Crippen molar-refractivity contribution in [1.82, 2.24) is 0 Å². The standard InChI is InChI=1S/C24H19ClF3N3O4S/c1-3-17-19(18-5-4-16(9-20(18)25)36(30,33)34)10-21(31-12(2)32)22(26)23(17)35-15-7-13(11-29)6-14(8-15)24(27)28/h4-10,24H,3H2,1-2H3,(H,31,32)(H2,30,33,34). The summed E-state index contributed by atoms with van der Waals surface area (Å²) in [6.07, 6.45) is -2.75. The molecule has 1 amide bonds. The molecule has 0 atom stereocenters. The van der Waals surface area contributed by atoms with E-state index in [2.05, 4.69) is 5.32 Å². The van der Waals surface area contributed by atoms with Crippen LogP contribution in [0.1, 0.15) is 37.0 Å². The summed E-state index contributed by atoms with van der Waals surface area (Å²) in [5, 5.41) is 16.7. The number of benzene rings is 3. The summed E-state index contributed by atoms with van der Waals surface area (Å²) in [5.41, 5.74) is -0.108. The molecule has 0 bridgehead atoms. The SMILES string of the molecule is CCc1c(-c2ccc(S(N)(=O)=O)cc2Cl)cc(NC(C)=O)c(F)c1Oc1cc(C#N)cc(C(F)F)c1. The number of primary sulfonamides is 1. The van der Waals surface area contributed by atoms with Crippen LogP contribution in [0.25, 0.3) is 11.1 Å². The molecule has 0 fully saturated rings. The first-order valence-electron chi connectivity index (χ1n) is 10.3. The highest BCUT2D eigenvalue weighted by molar-refractivity contribution is 7.89. The zero-order valence-electron chi connectivity index (χ0n) is 18.9. The number of rotatable bonds is 7. The molecule has 0 aliphatic rings. The maximum Gasteiger partial charge on any atom is 0.264 e. The Bertz CT molecular complexity index is 1510. The molecular weight excluding hydrogens is 519 g/mol. The second-order valence-electron chi connectivity index (χ2n) is 7.62. The van der Waals surface area contributed by atoms with Gasteiger partial charge in [0.15, 0.2) is 11.6 Å². The molecule has 3 aromatic rings. The van der Waals surface area contributed by atoms with Gasteiger partial charge in [-0.15, -0.1) is 0 Å². The normalized spacial score (nSPS) is 11.3. The molecule has 0 aromatic heterocycles. The van der Waals surface area contributed by atoms with Crippen molar-refractivity contribution < 1.29 is 31.1 Å². The maximum absolute atomic E-state index is 15.5. The summed E-state index contributed by atoms with van der Waals surface area (Å²) in [6.45, 7) is 2.83. The smallest absolute Gasteiger partial charge is 0.264 e. The summed E-state index contributed by atoms with van der Waals surface area (Å²) < 4.78 is 71.3. The first-order valence-corrected chi connectivity index (χ1v) is 12.2. The fourth-order valence-corrected chi connectivity index (χ4v) is 4.42. The number of nitriles is 1. The molecule has 0 radical (unpaired) electrons. The number of nitrogens with zero attached hydrogens (tertiary/aromatic N) is 1. The zero-order valence-corrected chi connectivity index (χ0v) is 20.5. The van der Waals surface area contributed by atoms with Gasteiger partial charge in [-0.05, 0) is 48.4 Å². The molecule has 3 rings (SSSR count). The van der Waals surface area contributed by atoms with Crippen LogP contribution < -0.4 is 15.2 Å². The molecule has 0 unspecified atom stereocenters. The maximum atomic E-state index is 15.5. The van der Waals surface area contributed by atoms with Crippen LogP contribution in [-0.2, 0) is 21.2 Å². The van der Waals surface area contributed by atoms with Crippen LogP contribution in [0.2, 0.25) is 5.02 Å². The lowest BCUT2D eigenvalue weighted by Gasteiger charge is -2.20. The Hall–Kier alpha value is -3.59. The van der Waals surface area contributed by atoms with E-state index in [0.717, 1.165) is 25.1 Å². The summed E-state index contributed by atoms with van der Waals surface area (Å²) in [7, 11) is -4.05. The number of anilines is 1. The number of carbonyl (C=O) groups is 1. The van der Waals surface area contributed by atoms with Gasteiger partial charge in [0.25, 0.3) is 6.43 Å². The van der Waals surface area contributed by atoms with E-state index in [0.29, 0.717) is 0 Å². The third-order valence-corrected chi connectivity index (χ3v) is 6.30. The number of ether oxygens (including phenoxy) is 1. The van der Waals surface area contributed by atoms with E-state index in [4.69, 9.17) is 21.5 Å². The van der Waals surface area contributed by atoms with Gasteiger partial charge in [-0.1, -0.05) is 24.6 Å². The molecule has 188 valence electrons. The lowest BCUT2D eigenvalue weighted by atomic mass is 9.95. The van der Waals surface area contributed by atoms with Crippen LogP contribution in [-0.4, -0.2) is 14.3 Å². The van der Waals surface area contributed by atoms with Crippen LogP contribution in [0, 0.1) is 17.1 Å². The minimum absolute atomic E-state index is 0.0333. The number of amides is 1. The molecule has 0 spiro atoms. The third kappa shape index (κ3) is 5.79. The first-order chi connectivity index (χ1) is 16.8. The Morgan fingerprint density at radius 2 is 1.89 bits per heavy atom. The predicted octanol–water partition coefficient (Wildman–Crippen LogP) is 5.92. The van der Waals surface area contributed by atoms with E-state index in [1.165, 1.54) is 24.3 Å². The molecule has 0 saturated carbocycles. The third-order valence-electron chi connectivity index (χ3n) is 5.08. The number of alkyl halides is 2. The Balaban J connectivity index is 2.29.